The van der Waals surface area contributed by atoms with Gasteiger partial charge in [0.05, 0.1) is 24.5 Å². The van der Waals surface area contributed by atoms with Crippen molar-refractivity contribution in [1.29, 1.82) is 0 Å². The van der Waals surface area contributed by atoms with Crippen molar-refractivity contribution in [1.82, 2.24) is 9.97 Å². The predicted octanol–water partition coefficient (Wildman–Crippen LogP) is 5.49. The van der Waals surface area contributed by atoms with Crippen LogP contribution in [0, 0.1) is 6.92 Å². The van der Waals surface area contributed by atoms with Gasteiger partial charge in [-0.3, -0.25) is 9.78 Å². The fourth-order valence-corrected chi connectivity index (χ4v) is 4.10. The third kappa shape index (κ3) is 3.80. The molecule has 0 radical (unpaired) electrons. The Morgan fingerprint density at radius 2 is 1.93 bits per heavy atom. The quantitative estimate of drug-likeness (QED) is 0.410. The van der Waals surface area contributed by atoms with Gasteiger partial charge in [-0.15, -0.1) is 11.3 Å². The zero-order chi connectivity index (χ0) is 19.5. The molecule has 0 N–H and O–H groups in total. The Morgan fingerprint density at radius 3 is 2.71 bits per heavy atom. The lowest BCUT2D eigenvalue weighted by atomic mass is 10.0. The number of pyridine rings is 1. The number of fused-ring (bicyclic) bond motifs is 1. The van der Waals surface area contributed by atoms with Gasteiger partial charge in [0.1, 0.15) is 10.8 Å². The van der Waals surface area contributed by atoms with Crippen LogP contribution in [-0.4, -0.2) is 22.9 Å². The molecule has 4 rings (SSSR count). The molecular formula is C23H20N2O2S. The van der Waals surface area contributed by atoms with Gasteiger partial charge in [0, 0.05) is 27.8 Å². The van der Waals surface area contributed by atoms with Crippen molar-refractivity contribution >= 4 is 28.0 Å². The summed E-state index contributed by atoms with van der Waals surface area (Å²) in [5.41, 5.74) is 3.66. The zero-order valence-electron chi connectivity index (χ0n) is 15.8. The number of hydrogen-bond donors (Lipinski definition) is 0. The number of ether oxygens (including phenoxy) is 1. The standard InChI is InChI=1S/C23H20N2O2S/c1-15-20(25-23(28-15)16-6-4-3-5-7-16)10-11-22(26)17-8-9-21-18(12-17)13-19(27-2)14-24-21/h3-9,12-14H,10-11H2,1-2H3. The predicted molar refractivity (Wildman–Crippen MR) is 113 cm³/mol. The second-order valence-corrected chi connectivity index (χ2v) is 7.80. The van der Waals surface area contributed by atoms with Crippen molar-refractivity contribution in [2.24, 2.45) is 0 Å². The molecule has 140 valence electrons. The highest BCUT2D eigenvalue weighted by Crippen LogP contribution is 2.28. The Bertz CT molecular complexity index is 1140. The second kappa shape index (κ2) is 7.90. The summed E-state index contributed by atoms with van der Waals surface area (Å²) in [5.74, 6) is 0.794. The maximum absolute atomic E-state index is 12.7. The van der Waals surface area contributed by atoms with Crippen LogP contribution in [0.5, 0.6) is 5.75 Å². The van der Waals surface area contributed by atoms with Crippen molar-refractivity contribution in [3.05, 3.63) is 76.9 Å². The Hall–Kier alpha value is -3.05. The highest BCUT2D eigenvalue weighted by Gasteiger charge is 2.13. The van der Waals surface area contributed by atoms with Crippen molar-refractivity contribution in [3.8, 4) is 16.3 Å². The highest BCUT2D eigenvalue weighted by molar-refractivity contribution is 7.15. The Balaban J connectivity index is 1.50. The van der Waals surface area contributed by atoms with Crippen LogP contribution in [0.3, 0.4) is 0 Å². The topological polar surface area (TPSA) is 52.1 Å². The molecule has 5 heteroatoms. The summed E-state index contributed by atoms with van der Waals surface area (Å²) < 4.78 is 5.23. The maximum Gasteiger partial charge on any atom is 0.163 e. The molecule has 4 aromatic rings. The molecule has 0 fully saturated rings. The number of methoxy groups -OCH3 is 1. The van der Waals surface area contributed by atoms with Gasteiger partial charge in [0.25, 0.3) is 0 Å². The largest absolute Gasteiger partial charge is 0.495 e. The molecule has 2 aromatic carbocycles. The number of carbonyl (C=O) groups is 1. The van der Waals surface area contributed by atoms with Gasteiger partial charge in [0.15, 0.2) is 5.78 Å². The molecule has 0 aliphatic carbocycles. The van der Waals surface area contributed by atoms with Crippen LogP contribution in [0.15, 0.2) is 60.8 Å². The average molecular weight is 388 g/mol. The van der Waals surface area contributed by atoms with E-state index in [1.54, 1.807) is 24.6 Å². The van der Waals surface area contributed by atoms with E-state index in [0.29, 0.717) is 24.2 Å². The van der Waals surface area contributed by atoms with Crippen LogP contribution < -0.4 is 4.74 Å². The third-order valence-electron chi connectivity index (χ3n) is 4.72. The van der Waals surface area contributed by atoms with Gasteiger partial charge in [0.2, 0.25) is 0 Å². The van der Waals surface area contributed by atoms with E-state index in [0.717, 1.165) is 27.2 Å². The number of Topliss-reactive ketones (excluding diaryl/α,β-unsaturated/α-hetero) is 1. The van der Waals surface area contributed by atoms with E-state index in [2.05, 4.69) is 24.0 Å². The van der Waals surface area contributed by atoms with E-state index in [1.165, 1.54) is 4.88 Å². The van der Waals surface area contributed by atoms with Crippen LogP contribution in [0.4, 0.5) is 0 Å². The number of thiazole rings is 1. The molecule has 0 atom stereocenters. The first-order chi connectivity index (χ1) is 13.6. The van der Waals surface area contributed by atoms with E-state index in [1.807, 2.05) is 42.5 Å². The fourth-order valence-electron chi connectivity index (χ4n) is 3.14. The Morgan fingerprint density at radius 1 is 1.11 bits per heavy atom. The molecule has 0 saturated carbocycles. The van der Waals surface area contributed by atoms with Crippen LogP contribution >= 0.6 is 11.3 Å². The minimum Gasteiger partial charge on any atom is -0.495 e. The summed E-state index contributed by atoms with van der Waals surface area (Å²) in [5, 5.41) is 1.91. The lowest BCUT2D eigenvalue weighted by molar-refractivity contribution is 0.0982. The smallest absolute Gasteiger partial charge is 0.163 e. The molecule has 0 unspecified atom stereocenters. The van der Waals surface area contributed by atoms with Gasteiger partial charge in [-0.1, -0.05) is 30.3 Å². The van der Waals surface area contributed by atoms with E-state index < -0.39 is 0 Å². The van der Waals surface area contributed by atoms with Gasteiger partial charge in [-0.2, -0.15) is 0 Å². The summed E-state index contributed by atoms with van der Waals surface area (Å²) in [7, 11) is 1.61. The van der Waals surface area contributed by atoms with Gasteiger partial charge in [-0.05, 0) is 37.6 Å². The number of aromatic nitrogens is 2. The minimum atomic E-state index is 0.110. The fraction of sp³-hybridized carbons (Fsp3) is 0.174. The van der Waals surface area contributed by atoms with Crippen molar-refractivity contribution in [2.75, 3.05) is 7.11 Å². The third-order valence-corrected chi connectivity index (χ3v) is 5.78. The molecule has 0 aliphatic rings. The first-order valence-electron chi connectivity index (χ1n) is 9.13. The summed E-state index contributed by atoms with van der Waals surface area (Å²) >= 11 is 1.68. The molecule has 0 aliphatic heterocycles. The van der Waals surface area contributed by atoms with E-state index in [-0.39, 0.29) is 5.78 Å². The van der Waals surface area contributed by atoms with Crippen LogP contribution in [0.25, 0.3) is 21.5 Å². The number of carbonyl (C=O) groups excluding carboxylic acids is 1. The number of aryl methyl sites for hydroxylation is 2. The molecule has 0 amide bonds. The first kappa shape index (κ1) is 18.3. The van der Waals surface area contributed by atoms with E-state index >= 15 is 0 Å². The van der Waals surface area contributed by atoms with Crippen molar-refractivity contribution in [3.63, 3.8) is 0 Å². The van der Waals surface area contributed by atoms with Gasteiger partial charge in [-0.25, -0.2) is 4.98 Å². The maximum atomic E-state index is 12.7. The van der Waals surface area contributed by atoms with Crippen LogP contribution in [0.1, 0.15) is 27.3 Å². The molecule has 0 saturated heterocycles. The van der Waals surface area contributed by atoms with Gasteiger partial charge >= 0.3 is 0 Å². The number of ketones is 1. The summed E-state index contributed by atoms with van der Waals surface area (Å²) in [6.07, 6.45) is 2.75. The highest BCUT2D eigenvalue weighted by atomic mass is 32.1. The minimum absolute atomic E-state index is 0.110. The van der Waals surface area contributed by atoms with Crippen molar-refractivity contribution in [2.45, 2.75) is 19.8 Å². The normalized spacial score (nSPS) is 10.9. The molecule has 0 spiro atoms. The monoisotopic (exact) mass is 388 g/mol. The lowest BCUT2D eigenvalue weighted by Crippen LogP contribution is -2.02. The summed E-state index contributed by atoms with van der Waals surface area (Å²) in [6, 6.07) is 17.6. The molecule has 4 nitrogen and oxygen atoms in total. The number of hydrogen-bond acceptors (Lipinski definition) is 5. The molecule has 28 heavy (non-hydrogen) atoms. The van der Waals surface area contributed by atoms with Crippen LogP contribution in [0.2, 0.25) is 0 Å². The average Bonchev–Trinajstić information content (AvgIpc) is 3.12. The number of rotatable bonds is 6. The zero-order valence-corrected chi connectivity index (χ0v) is 16.6. The number of nitrogens with zero attached hydrogens (tertiary/aromatic N) is 2. The number of benzene rings is 2. The summed E-state index contributed by atoms with van der Waals surface area (Å²) in [6.45, 7) is 2.07. The Labute approximate surface area is 167 Å². The molecule has 2 heterocycles. The van der Waals surface area contributed by atoms with E-state index in [4.69, 9.17) is 9.72 Å². The van der Waals surface area contributed by atoms with Gasteiger partial charge < -0.3 is 4.74 Å². The molecular weight excluding hydrogens is 368 g/mol. The lowest BCUT2D eigenvalue weighted by Gasteiger charge is -2.05. The van der Waals surface area contributed by atoms with Crippen molar-refractivity contribution < 1.29 is 9.53 Å². The molecule has 2 aromatic heterocycles. The first-order valence-corrected chi connectivity index (χ1v) is 9.94. The SMILES string of the molecule is COc1cnc2ccc(C(=O)CCc3nc(-c4ccccc4)sc3C)cc2c1. The molecule has 0 bridgehead atoms. The Kier molecular flexibility index (Phi) is 5.17. The van der Waals surface area contributed by atoms with Crippen LogP contribution in [-0.2, 0) is 6.42 Å². The summed E-state index contributed by atoms with van der Waals surface area (Å²) in [4.78, 5) is 23.0. The second-order valence-electron chi connectivity index (χ2n) is 6.59. The van der Waals surface area contributed by atoms with E-state index in [9.17, 15) is 4.79 Å².